The van der Waals surface area contributed by atoms with Crippen LogP contribution < -0.4 is 0 Å². The fraction of sp³-hybridized carbons (Fsp3) is 0.250. The number of rotatable bonds is 6. The van der Waals surface area contributed by atoms with Crippen LogP contribution in [-0.4, -0.2) is 44.2 Å². The fourth-order valence-electron chi connectivity index (χ4n) is 4.29. The maximum Gasteiger partial charge on any atom is 0.0796 e. The van der Waals surface area contributed by atoms with E-state index in [4.69, 9.17) is 0 Å². The van der Waals surface area contributed by atoms with Crippen LogP contribution >= 0.6 is 0 Å². The molecular weight excluding hydrogens is 316 g/mol. The van der Waals surface area contributed by atoms with E-state index in [0.29, 0.717) is 0 Å². The second-order valence-corrected chi connectivity index (χ2v) is 7.21. The van der Waals surface area contributed by atoms with Crippen molar-refractivity contribution in [3.8, 4) is 0 Å². The lowest BCUT2D eigenvalue weighted by Gasteiger charge is -2.48. The molecule has 0 bridgehead atoms. The number of likely N-dealkylation sites (N-methyl/N-ethyl adjacent to an activating group) is 2. The van der Waals surface area contributed by atoms with Gasteiger partial charge in [0.1, 0.15) is 0 Å². The average Bonchev–Trinajstić information content (AvgIpc) is 2.67. The maximum atomic E-state index is 2.31. The monoisotopic (exact) mass is 344 g/mol. The smallest absolute Gasteiger partial charge is 0.0796 e. The summed E-state index contributed by atoms with van der Waals surface area (Å²) in [6.45, 7) is 0. The molecule has 3 aromatic rings. The zero-order valence-corrected chi connectivity index (χ0v) is 16.1. The minimum Gasteiger partial charge on any atom is -0.293 e. The molecule has 0 saturated carbocycles. The quantitative estimate of drug-likeness (QED) is 0.481. The van der Waals surface area contributed by atoms with E-state index in [-0.39, 0.29) is 11.6 Å². The van der Waals surface area contributed by atoms with Gasteiger partial charge in [0.2, 0.25) is 0 Å². The first kappa shape index (κ1) is 18.4. The van der Waals surface area contributed by atoms with E-state index in [1.807, 2.05) is 0 Å². The molecule has 0 saturated heterocycles. The third-order valence-electron chi connectivity index (χ3n) is 5.05. The molecule has 26 heavy (non-hydrogen) atoms. The van der Waals surface area contributed by atoms with Gasteiger partial charge in [-0.2, -0.15) is 0 Å². The van der Waals surface area contributed by atoms with Gasteiger partial charge in [-0.05, 0) is 44.9 Å². The van der Waals surface area contributed by atoms with Crippen molar-refractivity contribution in [2.75, 3.05) is 28.2 Å². The topological polar surface area (TPSA) is 6.48 Å². The van der Waals surface area contributed by atoms with Gasteiger partial charge in [-0.15, -0.1) is 0 Å². The van der Waals surface area contributed by atoms with Gasteiger partial charge in [0.05, 0.1) is 11.6 Å². The van der Waals surface area contributed by atoms with Gasteiger partial charge in [-0.1, -0.05) is 91.0 Å². The van der Waals surface area contributed by atoms with Gasteiger partial charge in [0.25, 0.3) is 0 Å². The lowest BCUT2D eigenvalue weighted by Crippen LogP contribution is -2.56. The standard InChI is InChI=1S/C24H28N2/c1-25(2)23(26(3)4)24(20-14-8-5-9-15-20,21-16-10-6-11-17-21)22-18-12-7-13-19-22/h5-19,23H,1-4H3. The van der Waals surface area contributed by atoms with Gasteiger partial charge >= 0.3 is 0 Å². The molecule has 0 aliphatic rings. The van der Waals surface area contributed by atoms with Crippen LogP contribution in [0.25, 0.3) is 0 Å². The Morgan fingerprint density at radius 1 is 0.500 bits per heavy atom. The number of hydrogen-bond donors (Lipinski definition) is 0. The molecule has 3 aromatic carbocycles. The Morgan fingerprint density at radius 3 is 1.00 bits per heavy atom. The Balaban J connectivity index is 2.43. The minimum absolute atomic E-state index is 0.148. The van der Waals surface area contributed by atoms with Crippen LogP contribution in [0.1, 0.15) is 16.7 Å². The molecule has 2 nitrogen and oxygen atoms in total. The summed E-state index contributed by atoms with van der Waals surface area (Å²) in [4.78, 5) is 4.62. The largest absolute Gasteiger partial charge is 0.293 e. The molecule has 0 aliphatic heterocycles. The van der Waals surface area contributed by atoms with Crippen LogP contribution in [0.3, 0.4) is 0 Å². The van der Waals surface area contributed by atoms with E-state index < -0.39 is 0 Å². The molecule has 0 heterocycles. The van der Waals surface area contributed by atoms with Gasteiger partial charge in [-0.3, -0.25) is 9.80 Å². The summed E-state index contributed by atoms with van der Waals surface area (Å²) in [5.41, 5.74) is 3.58. The molecular formula is C24H28N2. The zero-order valence-electron chi connectivity index (χ0n) is 16.1. The van der Waals surface area contributed by atoms with E-state index in [1.54, 1.807) is 0 Å². The normalized spacial score (nSPS) is 12.1. The Morgan fingerprint density at radius 2 is 0.769 bits per heavy atom. The van der Waals surface area contributed by atoms with E-state index in [0.717, 1.165) is 0 Å². The van der Waals surface area contributed by atoms with E-state index in [2.05, 4.69) is 129 Å². The maximum absolute atomic E-state index is 2.31. The molecule has 134 valence electrons. The lowest BCUT2D eigenvalue weighted by molar-refractivity contribution is 0.0818. The van der Waals surface area contributed by atoms with Crippen molar-refractivity contribution < 1.29 is 0 Å². The van der Waals surface area contributed by atoms with E-state index in [9.17, 15) is 0 Å². The summed E-state index contributed by atoms with van der Waals surface area (Å²) >= 11 is 0. The van der Waals surface area contributed by atoms with Crippen LogP contribution in [0, 0.1) is 0 Å². The number of benzene rings is 3. The third-order valence-corrected chi connectivity index (χ3v) is 5.05. The highest BCUT2D eigenvalue weighted by molar-refractivity contribution is 5.52. The molecule has 0 amide bonds. The first-order chi connectivity index (χ1) is 12.6. The Hall–Kier alpha value is -2.42. The number of nitrogens with zero attached hydrogens (tertiary/aromatic N) is 2. The highest BCUT2D eigenvalue weighted by Crippen LogP contribution is 2.44. The van der Waals surface area contributed by atoms with Gasteiger partial charge < -0.3 is 0 Å². The summed E-state index contributed by atoms with van der Waals surface area (Å²) in [6.07, 6.45) is 0.148. The summed E-state index contributed by atoms with van der Waals surface area (Å²) in [5, 5.41) is 0. The molecule has 0 spiro atoms. The molecule has 0 unspecified atom stereocenters. The molecule has 2 heteroatoms. The van der Waals surface area contributed by atoms with Crippen LogP contribution in [0.4, 0.5) is 0 Å². The predicted octanol–water partition coefficient (Wildman–Crippen LogP) is 4.47. The first-order valence-electron chi connectivity index (χ1n) is 9.08. The molecule has 0 fully saturated rings. The Labute approximate surface area is 157 Å². The van der Waals surface area contributed by atoms with Crippen LogP contribution in [0.5, 0.6) is 0 Å². The van der Waals surface area contributed by atoms with Crippen LogP contribution in [0.2, 0.25) is 0 Å². The van der Waals surface area contributed by atoms with Crippen molar-refractivity contribution in [3.05, 3.63) is 108 Å². The van der Waals surface area contributed by atoms with Gasteiger partial charge in [-0.25, -0.2) is 0 Å². The van der Waals surface area contributed by atoms with Crippen LogP contribution in [0.15, 0.2) is 91.0 Å². The molecule has 0 N–H and O–H groups in total. The highest BCUT2D eigenvalue weighted by Gasteiger charge is 2.45. The second kappa shape index (κ2) is 7.86. The van der Waals surface area contributed by atoms with Crippen molar-refractivity contribution in [3.63, 3.8) is 0 Å². The van der Waals surface area contributed by atoms with Crippen LogP contribution in [-0.2, 0) is 5.41 Å². The van der Waals surface area contributed by atoms with E-state index in [1.165, 1.54) is 16.7 Å². The molecule has 0 aliphatic carbocycles. The molecule has 0 radical (unpaired) electrons. The zero-order chi connectivity index (χ0) is 18.6. The predicted molar refractivity (Wildman–Crippen MR) is 110 cm³/mol. The van der Waals surface area contributed by atoms with Gasteiger partial charge in [0.15, 0.2) is 0 Å². The Kier molecular flexibility index (Phi) is 5.55. The van der Waals surface area contributed by atoms with Crippen molar-refractivity contribution in [1.82, 2.24) is 9.80 Å². The van der Waals surface area contributed by atoms with E-state index >= 15 is 0 Å². The number of hydrogen-bond acceptors (Lipinski definition) is 2. The minimum atomic E-state index is -0.309. The molecule has 0 atom stereocenters. The Bertz CT molecular complexity index is 691. The van der Waals surface area contributed by atoms with Crippen molar-refractivity contribution in [2.24, 2.45) is 0 Å². The SMILES string of the molecule is CN(C)C(N(C)C)C(c1ccccc1)(c1ccccc1)c1ccccc1. The third kappa shape index (κ3) is 3.18. The first-order valence-corrected chi connectivity index (χ1v) is 9.08. The van der Waals surface area contributed by atoms with Gasteiger partial charge in [0, 0.05) is 0 Å². The summed E-state index contributed by atoms with van der Waals surface area (Å²) < 4.78 is 0. The summed E-state index contributed by atoms with van der Waals surface area (Å²) in [6, 6.07) is 32.6. The summed E-state index contributed by atoms with van der Waals surface area (Å²) in [7, 11) is 8.64. The fourth-order valence-corrected chi connectivity index (χ4v) is 4.29. The van der Waals surface area contributed by atoms with Crippen molar-refractivity contribution in [1.29, 1.82) is 0 Å². The highest BCUT2D eigenvalue weighted by atomic mass is 15.3. The van der Waals surface area contributed by atoms with Crippen molar-refractivity contribution in [2.45, 2.75) is 11.6 Å². The summed E-state index contributed by atoms with van der Waals surface area (Å²) in [5.74, 6) is 0. The average molecular weight is 345 g/mol. The molecule has 3 rings (SSSR count). The lowest BCUT2D eigenvalue weighted by atomic mass is 9.66. The van der Waals surface area contributed by atoms with Crippen molar-refractivity contribution >= 4 is 0 Å². The molecule has 0 aromatic heterocycles. The second-order valence-electron chi connectivity index (χ2n) is 7.21.